The van der Waals surface area contributed by atoms with Crippen molar-refractivity contribution in [2.24, 2.45) is 11.8 Å². The second-order valence-electron chi connectivity index (χ2n) is 7.74. The lowest BCUT2D eigenvalue weighted by Gasteiger charge is -2.41. The van der Waals surface area contributed by atoms with Crippen LogP contribution in [-0.2, 0) is 14.8 Å². The van der Waals surface area contributed by atoms with Crippen LogP contribution in [0.15, 0.2) is 21.7 Å². The highest BCUT2D eigenvalue weighted by Gasteiger charge is 2.35. The Balaban J connectivity index is 1.58. The first-order chi connectivity index (χ1) is 12.3. The molecule has 0 unspecified atom stereocenters. The Morgan fingerprint density at radius 3 is 2.31 bits per heavy atom. The summed E-state index contributed by atoms with van der Waals surface area (Å²) in [5, 5.41) is 1.78. The second kappa shape index (κ2) is 7.96. The molecule has 6 nitrogen and oxygen atoms in total. The molecule has 146 valence electrons. The molecule has 2 aliphatic heterocycles. The van der Waals surface area contributed by atoms with Gasteiger partial charge in [0.2, 0.25) is 5.91 Å². The number of piperazine rings is 1. The van der Waals surface area contributed by atoms with E-state index in [-0.39, 0.29) is 11.9 Å². The van der Waals surface area contributed by atoms with Crippen LogP contribution in [0.25, 0.3) is 0 Å². The minimum absolute atomic E-state index is 0.179. The van der Waals surface area contributed by atoms with Gasteiger partial charge in [0.05, 0.1) is 6.04 Å². The highest BCUT2D eigenvalue weighted by Crippen LogP contribution is 2.24. The molecule has 1 aromatic heterocycles. The Morgan fingerprint density at radius 2 is 1.77 bits per heavy atom. The molecule has 0 spiro atoms. The topological polar surface area (TPSA) is 60.9 Å². The molecule has 1 amide bonds. The number of hydrogen-bond donors (Lipinski definition) is 0. The van der Waals surface area contributed by atoms with Gasteiger partial charge in [-0.25, -0.2) is 8.42 Å². The van der Waals surface area contributed by atoms with Crippen LogP contribution in [0, 0.1) is 11.8 Å². The third-order valence-electron chi connectivity index (χ3n) is 5.45. The van der Waals surface area contributed by atoms with Gasteiger partial charge in [0.25, 0.3) is 10.0 Å². The van der Waals surface area contributed by atoms with Gasteiger partial charge < -0.3 is 4.90 Å². The van der Waals surface area contributed by atoms with Gasteiger partial charge in [-0.3, -0.25) is 9.69 Å². The first-order valence-corrected chi connectivity index (χ1v) is 11.7. The number of likely N-dealkylation sites (tertiary alicyclic amines) is 1. The maximum Gasteiger partial charge on any atom is 0.252 e. The lowest BCUT2D eigenvalue weighted by molar-refractivity contribution is -0.139. The predicted molar refractivity (Wildman–Crippen MR) is 104 cm³/mol. The van der Waals surface area contributed by atoms with Crippen LogP contribution in [-0.4, -0.2) is 73.7 Å². The maximum atomic E-state index is 12.9. The molecule has 0 saturated carbocycles. The van der Waals surface area contributed by atoms with E-state index in [1.54, 1.807) is 17.5 Å². The molecule has 26 heavy (non-hydrogen) atoms. The molecule has 0 aliphatic carbocycles. The minimum atomic E-state index is -3.39. The quantitative estimate of drug-likeness (QED) is 0.776. The molecule has 0 bridgehead atoms. The fourth-order valence-corrected chi connectivity index (χ4v) is 6.70. The summed E-state index contributed by atoms with van der Waals surface area (Å²) in [5.74, 6) is 1.27. The van der Waals surface area contributed by atoms with Gasteiger partial charge in [0.15, 0.2) is 0 Å². The van der Waals surface area contributed by atoms with E-state index < -0.39 is 10.0 Å². The monoisotopic (exact) mass is 399 g/mol. The zero-order valence-corrected chi connectivity index (χ0v) is 17.4. The number of carbonyl (C=O) groups excluding carboxylic acids is 1. The molecule has 2 saturated heterocycles. The Bertz CT molecular complexity index is 702. The van der Waals surface area contributed by atoms with Crippen LogP contribution in [0.5, 0.6) is 0 Å². The lowest BCUT2D eigenvalue weighted by Crippen LogP contribution is -2.56. The van der Waals surface area contributed by atoms with E-state index in [0.29, 0.717) is 42.2 Å². The molecule has 3 heterocycles. The summed E-state index contributed by atoms with van der Waals surface area (Å²) in [4.78, 5) is 17.0. The molecule has 3 atom stereocenters. The van der Waals surface area contributed by atoms with Crippen molar-refractivity contribution < 1.29 is 13.2 Å². The Labute approximate surface area is 160 Å². The molecule has 2 fully saturated rings. The molecule has 0 radical (unpaired) electrons. The van der Waals surface area contributed by atoms with Gasteiger partial charge in [-0.15, -0.1) is 11.3 Å². The van der Waals surface area contributed by atoms with Crippen molar-refractivity contribution in [3.05, 3.63) is 17.5 Å². The van der Waals surface area contributed by atoms with Crippen LogP contribution in [0.1, 0.15) is 27.2 Å². The Morgan fingerprint density at radius 1 is 1.15 bits per heavy atom. The van der Waals surface area contributed by atoms with Crippen LogP contribution < -0.4 is 0 Å². The predicted octanol–water partition coefficient (Wildman–Crippen LogP) is 1.95. The number of piperidine rings is 1. The molecular formula is C18H29N3O3S2. The number of rotatable bonds is 4. The average Bonchev–Trinajstić information content (AvgIpc) is 3.15. The van der Waals surface area contributed by atoms with Crippen LogP contribution in [0.3, 0.4) is 0 Å². The summed E-state index contributed by atoms with van der Waals surface area (Å²) in [5.41, 5.74) is 0. The van der Waals surface area contributed by atoms with Crippen molar-refractivity contribution in [2.75, 3.05) is 39.3 Å². The zero-order chi connectivity index (χ0) is 18.9. The number of hydrogen-bond acceptors (Lipinski definition) is 5. The van der Waals surface area contributed by atoms with Gasteiger partial charge in [-0.2, -0.15) is 4.31 Å². The summed E-state index contributed by atoms with van der Waals surface area (Å²) in [6, 6.07) is 3.21. The first kappa shape index (κ1) is 19.8. The zero-order valence-electron chi connectivity index (χ0n) is 15.8. The lowest BCUT2D eigenvalue weighted by atomic mass is 9.91. The standard InChI is InChI=1S/C18H29N3O3S2/c1-14-11-15(2)13-20(12-14)18(22)16(3)19-6-8-21(9-7-19)26(23,24)17-5-4-10-25-17/h4-5,10,14-16H,6-9,11-13H2,1-3H3/t14-,15-,16+/m1/s1. The van der Waals surface area contributed by atoms with Crippen molar-refractivity contribution in [1.29, 1.82) is 0 Å². The molecule has 3 rings (SSSR count). The largest absolute Gasteiger partial charge is 0.341 e. The smallest absolute Gasteiger partial charge is 0.252 e. The van der Waals surface area contributed by atoms with Gasteiger partial charge >= 0.3 is 0 Å². The number of carbonyl (C=O) groups is 1. The van der Waals surface area contributed by atoms with E-state index in [2.05, 4.69) is 18.7 Å². The molecule has 1 aromatic rings. The second-order valence-corrected chi connectivity index (χ2v) is 10.8. The molecule has 8 heteroatoms. The Kier molecular flexibility index (Phi) is 6.06. The SMILES string of the molecule is C[C@@H]1C[C@@H](C)CN(C(=O)[C@H](C)N2CCN(S(=O)(=O)c3cccs3)CC2)C1. The van der Waals surface area contributed by atoms with Crippen molar-refractivity contribution in [1.82, 2.24) is 14.1 Å². The third-order valence-corrected chi connectivity index (χ3v) is 8.72. The van der Waals surface area contributed by atoms with Crippen LogP contribution in [0.2, 0.25) is 0 Å². The average molecular weight is 400 g/mol. The number of amides is 1. The fraction of sp³-hybridized carbons (Fsp3) is 0.722. The summed E-state index contributed by atoms with van der Waals surface area (Å²) in [6.07, 6.45) is 1.18. The number of nitrogens with zero attached hydrogens (tertiary/aromatic N) is 3. The fourth-order valence-electron chi connectivity index (χ4n) is 4.13. The van der Waals surface area contributed by atoms with E-state index in [9.17, 15) is 13.2 Å². The van der Waals surface area contributed by atoms with Crippen molar-refractivity contribution in [3.63, 3.8) is 0 Å². The number of sulfonamides is 1. The highest BCUT2D eigenvalue weighted by atomic mass is 32.2. The molecule has 0 aromatic carbocycles. The highest BCUT2D eigenvalue weighted by molar-refractivity contribution is 7.91. The van der Waals surface area contributed by atoms with Gasteiger partial charge in [0.1, 0.15) is 4.21 Å². The maximum absolute atomic E-state index is 12.9. The van der Waals surface area contributed by atoms with Crippen LogP contribution >= 0.6 is 11.3 Å². The van der Waals surface area contributed by atoms with Crippen molar-refractivity contribution >= 4 is 27.3 Å². The molecule has 0 N–H and O–H groups in total. The van der Waals surface area contributed by atoms with Gasteiger partial charge in [-0.05, 0) is 36.6 Å². The summed E-state index contributed by atoms with van der Waals surface area (Å²) in [6.45, 7) is 10.1. The summed E-state index contributed by atoms with van der Waals surface area (Å²) < 4.78 is 27.2. The number of thiophene rings is 1. The molecular weight excluding hydrogens is 370 g/mol. The van der Waals surface area contributed by atoms with Gasteiger partial charge in [0, 0.05) is 39.3 Å². The van der Waals surface area contributed by atoms with Gasteiger partial charge in [-0.1, -0.05) is 19.9 Å². The minimum Gasteiger partial charge on any atom is -0.341 e. The van der Waals surface area contributed by atoms with E-state index >= 15 is 0 Å². The Hall–Kier alpha value is -0.960. The van der Waals surface area contributed by atoms with E-state index in [1.807, 2.05) is 11.8 Å². The molecule has 2 aliphatic rings. The summed E-state index contributed by atoms with van der Waals surface area (Å²) >= 11 is 1.25. The van der Waals surface area contributed by atoms with E-state index in [4.69, 9.17) is 0 Å². The van der Waals surface area contributed by atoms with Crippen molar-refractivity contribution in [3.8, 4) is 0 Å². The normalized spacial score (nSPS) is 27.4. The third kappa shape index (κ3) is 4.13. The summed E-state index contributed by atoms with van der Waals surface area (Å²) in [7, 11) is -3.39. The van der Waals surface area contributed by atoms with Crippen molar-refractivity contribution in [2.45, 2.75) is 37.4 Å². The van der Waals surface area contributed by atoms with Crippen LogP contribution in [0.4, 0.5) is 0 Å². The first-order valence-electron chi connectivity index (χ1n) is 9.35. The van der Waals surface area contributed by atoms with E-state index in [1.165, 1.54) is 22.1 Å². The van der Waals surface area contributed by atoms with E-state index in [0.717, 1.165) is 13.1 Å².